The Balaban J connectivity index is 1.96. The molecule has 1 heterocycles. The van der Waals surface area contributed by atoms with Crippen molar-refractivity contribution in [1.29, 1.82) is 0 Å². The van der Waals surface area contributed by atoms with Crippen LogP contribution in [0.25, 0.3) is 0 Å². The molecule has 1 aromatic carbocycles. The molecule has 0 unspecified atom stereocenters. The molecule has 0 saturated carbocycles. The molecule has 0 aliphatic rings. The average molecular weight is 274 g/mol. The Morgan fingerprint density at radius 1 is 1.42 bits per heavy atom. The maximum atomic E-state index is 5.75. The van der Waals surface area contributed by atoms with Crippen molar-refractivity contribution in [3.63, 3.8) is 0 Å². The standard InChI is InChI=1S/C14H18N4S/c1-17(8-4-9-18-10-7-16-11-18)13-6-3-2-5-12(13)14(15)19/h2-3,5-7,10-11H,4,8-9H2,1H3,(H2,15,19). The Kier molecular flexibility index (Phi) is 4.52. The van der Waals surface area contributed by atoms with Gasteiger partial charge in [-0.15, -0.1) is 0 Å². The van der Waals surface area contributed by atoms with E-state index >= 15 is 0 Å². The van der Waals surface area contributed by atoms with Gasteiger partial charge >= 0.3 is 0 Å². The van der Waals surface area contributed by atoms with E-state index in [1.165, 1.54) is 0 Å². The van der Waals surface area contributed by atoms with Crippen LogP contribution in [-0.4, -0.2) is 28.1 Å². The van der Waals surface area contributed by atoms with Crippen LogP contribution in [0.3, 0.4) is 0 Å². The molecule has 0 spiro atoms. The molecule has 19 heavy (non-hydrogen) atoms. The van der Waals surface area contributed by atoms with E-state index in [1.54, 1.807) is 6.20 Å². The molecule has 0 amide bonds. The van der Waals surface area contributed by atoms with Crippen LogP contribution in [0.15, 0.2) is 43.0 Å². The third-order valence-electron chi connectivity index (χ3n) is 3.05. The summed E-state index contributed by atoms with van der Waals surface area (Å²) in [5, 5.41) is 0. The first-order valence-corrected chi connectivity index (χ1v) is 6.65. The normalized spacial score (nSPS) is 10.4. The summed E-state index contributed by atoms with van der Waals surface area (Å²) in [7, 11) is 2.06. The first-order valence-electron chi connectivity index (χ1n) is 6.24. The van der Waals surface area contributed by atoms with Crippen LogP contribution in [0.1, 0.15) is 12.0 Å². The number of thiocarbonyl (C=S) groups is 1. The molecule has 0 bridgehead atoms. The number of imidazole rings is 1. The first-order chi connectivity index (χ1) is 9.18. The van der Waals surface area contributed by atoms with Gasteiger partial charge in [-0.25, -0.2) is 4.98 Å². The number of aromatic nitrogens is 2. The Labute approximate surface area is 118 Å². The monoisotopic (exact) mass is 274 g/mol. The molecular formula is C14H18N4S. The van der Waals surface area contributed by atoms with Crippen molar-refractivity contribution in [1.82, 2.24) is 9.55 Å². The summed E-state index contributed by atoms with van der Waals surface area (Å²) in [4.78, 5) is 6.66. The van der Waals surface area contributed by atoms with Crippen LogP contribution in [0, 0.1) is 0 Å². The number of anilines is 1. The molecule has 0 radical (unpaired) electrons. The quantitative estimate of drug-likeness (QED) is 0.819. The lowest BCUT2D eigenvalue weighted by Gasteiger charge is -2.22. The predicted molar refractivity (Wildman–Crippen MR) is 82.4 cm³/mol. The number of nitrogens with two attached hydrogens (primary N) is 1. The molecule has 2 rings (SSSR count). The van der Waals surface area contributed by atoms with Gasteiger partial charge in [-0.2, -0.15) is 0 Å². The molecule has 0 aliphatic carbocycles. The van der Waals surface area contributed by atoms with Crippen molar-refractivity contribution in [2.45, 2.75) is 13.0 Å². The summed E-state index contributed by atoms with van der Waals surface area (Å²) >= 11 is 5.09. The second-order valence-electron chi connectivity index (χ2n) is 4.46. The zero-order valence-electron chi connectivity index (χ0n) is 11.0. The minimum Gasteiger partial charge on any atom is -0.389 e. The first kappa shape index (κ1) is 13.5. The average Bonchev–Trinajstić information content (AvgIpc) is 2.91. The number of nitrogens with zero attached hydrogens (tertiary/aromatic N) is 3. The number of aryl methyl sites for hydroxylation is 1. The second-order valence-corrected chi connectivity index (χ2v) is 4.90. The molecular weight excluding hydrogens is 256 g/mol. The van der Waals surface area contributed by atoms with Crippen LogP contribution >= 0.6 is 12.2 Å². The smallest absolute Gasteiger partial charge is 0.106 e. The van der Waals surface area contributed by atoms with Crippen molar-refractivity contribution < 1.29 is 0 Å². The van der Waals surface area contributed by atoms with Gasteiger partial charge in [0.05, 0.1) is 6.33 Å². The zero-order valence-corrected chi connectivity index (χ0v) is 11.8. The highest BCUT2D eigenvalue weighted by Crippen LogP contribution is 2.19. The van der Waals surface area contributed by atoms with Gasteiger partial charge < -0.3 is 15.2 Å². The molecule has 4 nitrogen and oxygen atoms in total. The third-order valence-corrected chi connectivity index (χ3v) is 3.27. The molecule has 2 N–H and O–H groups in total. The predicted octanol–water partition coefficient (Wildman–Crippen LogP) is 2.04. The van der Waals surface area contributed by atoms with Gasteiger partial charge in [0.15, 0.2) is 0 Å². The van der Waals surface area contributed by atoms with E-state index in [4.69, 9.17) is 18.0 Å². The van der Waals surface area contributed by atoms with Gasteiger partial charge in [-0.3, -0.25) is 0 Å². The lowest BCUT2D eigenvalue weighted by molar-refractivity contribution is 0.637. The summed E-state index contributed by atoms with van der Waals surface area (Å²) in [5.41, 5.74) is 7.77. The maximum Gasteiger partial charge on any atom is 0.106 e. The van der Waals surface area contributed by atoms with Gasteiger partial charge in [-0.1, -0.05) is 24.4 Å². The van der Waals surface area contributed by atoms with Crippen LogP contribution in [0.2, 0.25) is 0 Å². The molecule has 0 atom stereocenters. The van der Waals surface area contributed by atoms with Crippen LogP contribution in [0.4, 0.5) is 5.69 Å². The largest absolute Gasteiger partial charge is 0.389 e. The van der Waals surface area contributed by atoms with Gasteiger partial charge in [-0.05, 0) is 18.6 Å². The van der Waals surface area contributed by atoms with Crippen molar-refractivity contribution in [2.75, 3.05) is 18.5 Å². The lowest BCUT2D eigenvalue weighted by atomic mass is 10.1. The fourth-order valence-corrected chi connectivity index (χ4v) is 2.22. The van der Waals surface area contributed by atoms with Crippen molar-refractivity contribution >= 4 is 22.9 Å². The van der Waals surface area contributed by atoms with E-state index < -0.39 is 0 Å². The summed E-state index contributed by atoms with van der Waals surface area (Å²) in [6.45, 7) is 1.90. The topological polar surface area (TPSA) is 47.1 Å². The highest BCUT2D eigenvalue weighted by Gasteiger charge is 2.08. The fraction of sp³-hybridized carbons (Fsp3) is 0.286. The van der Waals surface area contributed by atoms with E-state index in [2.05, 4.69) is 21.5 Å². The Morgan fingerprint density at radius 2 is 2.21 bits per heavy atom. The fourth-order valence-electron chi connectivity index (χ4n) is 2.04. The van der Waals surface area contributed by atoms with E-state index in [0.29, 0.717) is 4.99 Å². The van der Waals surface area contributed by atoms with Crippen LogP contribution < -0.4 is 10.6 Å². The highest BCUT2D eigenvalue weighted by atomic mass is 32.1. The van der Waals surface area contributed by atoms with E-state index in [1.807, 2.05) is 36.8 Å². The minimum atomic E-state index is 0.442. The highest BCUT2D eigenvalue weighted by molar-refractivity contribution is 7.80. The third kappa shape index (κ3) is 3.54. The van der Waals surface area contributed by atoms with E-state index in [0.717, 1.165) is 30.8 Å². The number of rotatable bonds is 6. The lowest BCUT2D eigenvalue weighted by Crippen LogP contribution is -2.23. The van der Waals surface area contributed by atoms with E-state index in [9.17, 15) is 0 Å². The molecule has 5 heteroatoms. The number of hydrogen-bond acceptors (Lipinski definition) is 3. The Bertz CT molecular complexity index is 536. The van der Waals surface area contributed by atoms with Crippen molar-refractivity contribution in [2.24, 2.45) is 5.73 Å². The van der Waals surface area contributed by atoms with Crippen molar-refractivity contribution in [3.05, 3.63) is 48.5 Å². The van der Waals surface area contributed by atoms with Gasteiger partial charge in [0.25, 0.3) is 0 Å². The molecule has 0 fully saturated rings. The molecule has 0 saturated heterocycles. The molecule has 0 aliphatic heterocycles. The molecule has 2 aromatic rings. The Hall–Kier alpha value is -1.88. The van der Waals surface area contributed by atoms with Crippen LogP contribution in [0.5, 0.6) is 0 Å². The van der Waals surface area contributed by atoms with Gasteiger partial charge in [0.1, 0.15) is 4.99 Å². The van der Waals surface area contributed by atoms with E-state index in [-0.39, 0.29) is 0 Å². The number of hydrogen-bond donors (Lipinski definition) is 1. The minimum absolute atomic E-state index is 0.442. The Morgan fingerprint density at radius 3 is 2.89 bits per heavy atom. The second kappa shape index (κ2) is 6.33. The summed E-state index contributed by atoms with van der Waals surface area (Å²) in [6, 6.07) is 7.97. The van der Waals surface area contributed by atoms with Gasteiger partial charge in [0, 0.05) is 43.8 Å². The number of benzene rings is 1. The summed E-state index contributed by atoms with van der Waals surface area (Å²) in [5.74, 6) is 0. The molecule has 100 valence electrons. The number of para-hydroxylation sites is 1. The zero-order chi connectivity index (χ0) is 13.7. The SMILES string of the molecule is CN(CCCn1ccnc1)c1ccccc1C(N)=S. The molecule has 1 aromatic heterocycles. The van der Waals surface area contributed by atoms with Gasteiger partial charge in [0.2, 0.25) is 0 Å². The maximum absolute atomic E-state index is 5.75. The summed E-state index contributed by atoms with van der Waals surface area (Å²) in [6.07, 6.45) is 6.65. The summed E-state index contributed by atoms with van der Waals surface area (Å²) < 4.78 is 2.08. The van der Waals surface area contributed by atoms with Crippen molar-refractivity contribution in [3.8, 4) is 0 Å². The van der Waals surface area contributed by atoms with Crippen LogP contribution in [-0.2, 0) is 6.54 Å².